The highest BCUT2D eigenvalue weighted by atomic mass is 35.5. The molecule has 0 radical (unpaired) electrons. The van der Waals surface area contributed by atoms with Crippen LogP contribution in [0.1, 0.15) is 19.3 Å². The number of rotatable bonds is 7. The molecule has 20 heavy (non-hydrogen) atoms. The number of hydrogen-bond donors (Lipinski definition) is 0. The largest absolute Gasteiger partial charge is 0.463 e. The van der Waals surface area contributed by atoms with Crippen LogP contribution in [0.25, 0.3) is 0 Å². The van der Waals surface area contributed by atoms with Crippen molar-refractivity contribution in [3.8, 4) is 5.75 Å². The smallest absolute Gasteiger partial charge is 0.311 e. The SMILES string of the molecule is O=C(CCCC(=O)Oc1cccc(F)c1)OCC(Cl)Cl. The number of esters is 2. The molecule has 0 amide bonds. The topological polar surface area (TPSA) is 52.6 Å². The van der Waals surface area contributed by atoms with Gasteiger partial charge in [-0.05, 0) is 18.6 Å². The zero-order valence-corrected chi connectivity index (χ0v) is 12.0. The Morgan fingerprint density at radius 2 is 1.90 bits per heavy atom. The molecule has 0 fully saturated rings. The molecule has 0 aliphatic rings. The maximum Gasteiger partial charge on any atom is 0.311 e. The van der Waals surface area contributed by atoms with Gasteiger partial charge in [0.05, 0.1) is 0 Å². The third-order valence-electron chi connectivity index (χ3n) is 2.16. The highest BCUT2D eigenvalue weighted by Crippen LogP contribution is 2.13. The third kappa shape index (κ3) is 7.31. The summed E-state index contributed by atoms with van der Waals surface area (Å²) in [5.74, 6) is -1.40. The lowest BCUT2D eigenvalue weighted by atomic mass is 10.2. The summed E-state index contributed by atoms with van der Waals surface area (Å²) in [6.45, 7) is -0.0876. The molecule has 0 N–H and O–H groups in total. The van der Waals surface area contributed by atoms with E-state index in [1.54, 1.807) is 0 Å². The van der Waals surface area contributed by atoms with Gasteiger partial charge in [-0.3, -0.25) is 9.59 Å². The Hall–Kier alpha value is -1.33. The van der Waals surface area contributed by atoms with E-state index in [0.29, 0.717) is 0 Å². The van der Waals surface area contributed by atoms with Gasteiger partial charge in [0.15, 0.2) is 0 Å². The van der Waals surface area contributed by atoms with E-state index in [0.717, 1.165) is 6.07 Å². The lowest BCUT2D eigenvalue weighted by Gasteiger charge is -2.05. The van der Waals surface area contributed by atoms with Crippen LogP contribution in [-0.4, -0.2) is 23.4 Å². The van der Waals surface area contributed by atoms with E-state index >= 15 is 0 Å². The first-order chi connectivity index (χ1) is 9.47. The summed E-state index contributed by atoms with van der Waals surface area (Å²) in [4.78, 5) is 21.9. The quantitative estimate of drug-likeness (QED) is 0.439. The first-order valence-corrected chi connectivity index (χ1v) is 6.74. The summed E-state index contributed by atoms with van der Waals surface area (Å²) in [6, 6.07) is 5.25. The summed E-state index contributed by atoms with van der Waals surface area (Å²) >= 11 is 10.8. The van der Waals surface area contributed by atoms with Gasteiger partial charge >= 0.3 is 11.9 Å². The van der Waals surface area contributed by atoms with Crippen LogP contribution in [-0.2, 0) is 14.3 Å². The predicted molar refractivity (Wildman–Crippen MR) is 72.3 cm³/mol. The molecular formula is C13H13Cl2FO4. The second kappa shape index (κ2) is 8.76. The Kier molecular flexibility index (Phi) is 7.33. The van der Waals surface area contributed by atoms with Crippen molar-refractivity contribution in [2.75, 3.05) is 6.61 Å². The molecule has 0 unspecified atom stereocenters. The van der Waals surface area contributed by atoms with Crippen LogP contribution >= 0.6 is 23.2 Å². The van der Waals surface area contributed by atoms with Crippen molar-refractivity contribution in [3.05, 3.63) is 30.1 Å². The Morgan fingerprint density at radius 1 is 1.20 bits per heavy atom. The van der Waals surface area contributed by atoms with Gasteiger partial charge in [0.2, 0.25) is 0 Å². The molecule has 0 atom stereocenters. The van der Waals surface area contributed by atoms with Crippen LogP contribution in [0.3, 0.4) is 0 Å². The number of benzene rings is 1. The first-order valence-electron chi connectivity index (χ1n) is 5.87. The van der Waals surface area contributed by atoms with Crippen molar-refractivity contribution in [2.24, 2.45) is 0 Å². The fourth-order valence-electron chi connectivity index (χ4n) is 1.32. The Balaban J connectivity index is 2.22. The molecule has 7 heteroatoms. The first kappa shape index (κ1) is 16.7. The lowest BCUT2D eigenvalue weighted by Crippen LogP contribution is -2.12. The fraction of sp³-hybridized carbons (Fsp3) is 0.385. The van der Waals surface area contributed by atoms with Crippen LogP contribution in [0.5, 0.6) is 5.75 Å². The molecule has 0 heterocycles. The Labute approximate surface area is 125 Å². The average Bonchev–Trinajstić information content (AvgIpc) is 2.36. The number of ether oxygens (including phenoxy) is 2. The van der Waals surface area contributed by atoms with Crippen molar-refractivity contribution in [2.45, 2.75) is 24.1 Å². The van der Waals surface area contributed by atoms with E-state index in [2.05, 4.69) is 0 Å². The zero-order valence-electron chi connectivity index (χ0n) is 10.5. The number of carbonyl (C=O) groups is 2. The fourth-order valence-corrected chi connectivity index (χ4v) is 1.44. The summed E-state index contributed by atoms with van der Waals surface area (Å²) in [7, 11) is 0. The minimum atomic E-state index is -0.767. The minimum absolute atomic E-state index is 0.0246. The average molecular weight is 323 g/mol. The molecule has 1 aromatic carbocycles. The lowest BCUT2D eigenvalue weighted by molar-refractivity contribution is -0.143. The van der Waals surface area contributed by atoms with Crippen LogP contribution in [0.2, 0.25) is 0 Å². The molecule has 0 saturated heterocycles. The van der Waals surface area contributed by atoms with Gasteiger partial charge in [0.1, 0.15) is 23.0 Å². The number of alkyl halides is 2. The van der Waals surface area contributed by atoms with Crippen LogP contribution in [0.15, 0.2) is 24.3 Å². The minimum Gasteiger partial charge on any atom is -0.463 e. The van der Waals surface area contributed by atoms with Gasteiger partial charge in [-0.2, -0.15) is 0 Å². The number of carbonyl (C=O) groups excluding carboxylic acids is 2. The van der Waals surface area contributed by atoms with Crippen molar-refractivity contribution in [1.82, 2.24) is 0 Å². The summed E-state index contributed by atoms with van der Waals surface area (Å²) in [6.07, 6.45) is 0.345. The monoisotopic (exact) mass is 322 g/mol. The number of halogens is 3. The molecule has 4 nitrogen and oxygen atoms in total. The summed E-state index contributed by atoms with van der Waals surface area (Å²) in [5.41, 5.74) is 0. The second-order valence-electron chi connectivity index (χ2n) is 3.86. The van der Waals surface area contributed by atoms with Crippen molar-refractivity contribution in [1.29, 1.82) is 0 Å². The maximum atomic E-state index is 12.9. The Bertz CT molecular complexity index is 465. The zero-order chi connectivity index (χ0) is 15.0. The third-order valence-corrected chi connectivity index (χ3v) is 2.41. The van der Waals surface area contributed by atoms with E-state index in [1.807, 2.05) is 0 Å². The molecule has 0 aromatic heterocycles. The molecular weight excluding hydrogens is 310 g/mol. The highest BCUT2D eigenvalue weighted by molar-refractivity contribution is 6.44. The highest BCUT2D eigenvalue weighted by Gasteiger charge is 2.10. The maximum absolute atomic E-state index is 12.9. The van der Waals surface area contributed by atoms with Gasteiger partial charge in [-0.1, -0.05) is 6.07 Å². The van der Waals surface area contributed by atoms with E-state index in [9.17, 15) is 14.0 Å². The summed E-state index contributed by atoms with van der Waals surface area (Å²) < 4.78 is 22.5. The molecule has 0 aliphatic carbocycles. The molecule has 0 spiro atoms. The summed E-state index contributed by atoms with van der Waals surface area (Å²) in [5, 5.41) is 0. The predicted octanol–water partition coefficient (Wildman–Crippen LogP) is 3.25. The van der Waals surface area contributed by atoms with E-state index in [1.165, 1.54) is 18.2 Å². The molecule has 0 saturated carbocycles. The van der Waals surface area contributed by atoms with E-state index in [-0.39, 0.29) is 31.6 Å². The second-order valence-corrected chi connectivity index (χ2v) is 5.14. The molecule has 110 valence electrons. The van der Waals surface area contributed by atoms with Crippen molar-refractivity contribution in [3.63, 3.8) is 0 Å². The molecule has 1 aromatic rings. The van der Waals surface area contributed by atoms with Gasteiger partial charge in [0.25, 0.3) is 0 Å². The van der Waals surface area contributed by atoms with Crippen LogP contribution < -0.4 is 4.74 Å². The van der Waals surface area contributed by atoms with Gasteiger partial charge < -0.3 is 9.47 Å². The molecule has 0 aliphatic heterocycles. The molecule has 0 bridgehead atoms. The Morgan fingerprint density at radius 3 is 2.55 bits per heavy atom. The van der Waals surface area contributed by atoms with Crippen molar-refractivity contribution >= 4 is 35.1 Å². The van der Waals surface area contributed by atoms with Gasteiger partial charge in [-0.25, -0.2) is 4.39 Å². The normalized spacial score (nSPS) is 10.4. The number of hydrogen-bond acceptors (Lipinski definition) is 4. The van der Waals surface area contributed by atoms with Crippen LogP contribution in [0.4, 0.5) is 4.39 Å². The van der Waals surface area contributed by atoms with E-state index in [4.69, 9.17) is 32.7 Å². The van der Waals surface area contributed by atoms with Crippen molar-refractivity contribution < 1.29 is 23.5 Å². The van der Waals surface area contributed by atoms with Gasteiger partial charge in [0, 0.05) is 18.9 Å². The van der Waals surface area contributed by atoms with E-state index < -0.39 is 22.6 Å². The van der Waals surface area contributed by atoms with Gasteiger partial charge in [-0.15, -0.1) is 23.2 Å². The standard InChI is InChI=1S/C13H13Cl2FO4/c14-11(15)8-19-12(17)5-2-6-13(18)20-10-4-1-3-9(16)7-10/h1,3-4,7,11H,2,5-6,8H2. The molecule has 1 rings (SSSR count). The van der Waals surface area contributed by atoms with Crippen LogP contribution in [0, 0.1) is 5.82 Å².